The number of allylic oxidation sites excluding steroid dienone is 2. The largest absolute Gasteiger partial charge is 0.0827 e. The van der Waals surface area contributed by atoms with Crippen LogP contribution in [0.2, 0.25) is 0 Å². The van der Waals surface area contributed by atoms with Crippen molar-refractivity contribution in [3.63, 3.8) is 0 Å². The summed E-state index contributed by atoms with van der Waals surface area (Å²) in [6, 6.07) is 0. The van der Waals surface area contributed by atoms with Gasteiger partial charge in [-0.05, 0) is 43.9 Å². The Morgan fingerprint density at radius 2 is 2.13 bits per heavy atom. The van der Waals surface area contributed by atoms with E-state index in [2.05, 4.69) is 33.8 Å². The molecule has 1 rings (SSSR count). The summed E-state index contributed by atoms with van der Waals surface area (Å²) in [5.74, 6) is 2.74. The van der Waals surface area contributed by atoms with E-state index >= 15 is 0 Å². The third-order valence-corrected chi connectivity index (χ3v) is 3.73. The van der Waals surface area contributed by atoms with Crippen molar-refractivity contribution >= 4 is 0 Å². The predicted octanol–water partition coefficient (Wildman–Crippen LogP) is 5.20. The average Bonchev–Trinajstić information content (AvgIpc) is 2.14. The van der Waals surface area contributed by atoms with Crippen LogP contribution >= 0.6 is 0 Å². The van der Waals surface area contributed by atoms with E-state index in [4.69, 9.17) is 0 Å². The molecular formula is C15H28. The van der Waals surface area contributed by atoms with Gasteiger partial charge in [0.15, 0.2) is 0 Å². The number of rotatable bonds is 5. The molecule has 0 heterocycles. The van der Waals surface area contributed by atoms with Gasteiger partial charge < -0.3 is 0 Å². The first kappa shape index (κ1) is 12.8. The molecule has 15 heavy (non-hydrogen) atoms. The van der Waals surface area contributed by atoms with Crippen LogP contribution in [0.5, 0.6) is 0 Å². The molecule has 1 aliphatic rings. The van der Waals surface area contributed by atoms with Gasteiger partial charge in [0.2, 0.25) is 0 Å². The minimum absolute atomic E-state index is 0.824. The highest BCUT2D eigenvalue weighted by atomic mass is 14.2. The number of hydrogen-bond acceptors (Lipinski definition) is 0. The molecule has 0 amide bonds. The molecule has 0 aliphatic heterocycles. The second kappa shape index (κ2) is 6.35. The van der Waals surface area contributed by atoms with Gasteiger partial charge in [0, 0.05) is 0 Å². The van der Waals surface area contributed by atoms with E-state index < -0.39 is 0 Å². The summed E-state index contributed by atoms with van der Waals surface area (Å²) in [7, 11) is 0. The second-order valence-corrected chi connectivity index (χ2v) is 5.77. The van der Waals surface area contributed by atoms with Gasteiger partial charge >= 0.3 is 0 Å². The molecule has 0 bridgehead atoms. The van der Waals surface area contributed by atoms with Crippen LogP contribution in [0.15, 0.2) is 11.6 Å². The van der Waals surface area contributed by atoms with Crippen LogP contribution in [0.1, 0.15) is 66.2 Å². The minimum Gasteiger partial charge on any atom is -0.0827 e. The van der Waals surface area contributed by atoms with Crippen LogP contribution in [0.25, 0.3) is 0 Å². The molecule has 3 atom stereocenters. The maximum Gasteiger partial charge on any atom is -0.0257 e. The molecule has 0 nitrogen and oxygen atoms in total. The van der Waals surface area contributed by atoms with E-state index in [1.54, 1.807) is 5.57 Å². The molecule has 0 N–H and O–H groups in total. The third-order valence-electron chi connectivity index (χ3n) is 3.73. The molecule has 0 saturated heterocycles. The maximum atomic E-state index is 2.46. The fourth-order valence-electron chi connectivity index (χ4n) is 3.06. The molecule has 88 valence electrons. The van der Waals surface area contributed by atoms with Crippen molar-refractivity contribution in [2.24, 2.45) is 17.8 Å². The third kappa shape index (κ3) is 4.86. The monoisotopic (exact) mass is 208 g/mol. The van der Waals surface area contributed by atoms with E-state index in [0.29, 0.717) is 0 Å². The normalized spacial score (nSPS) is 28.7. The maximum absolute atomic E-state index is 2.46. The topological polar surface area (TPSA) is 0 Å². The Bertz CT molecular complexity index is 202. The summed E-state index contributed by atoms with van der Waals surface area (Å²) >= 11 is 0. The van der Waals surface area contributed by atoms with Gasteiger partial charge in [-0.1, -0.05) is 51.7 Å². The van der Waals surface area contributed by atoms with Crippen LogP contribution < -0.4 is 0 Å². The average molecular weight is 208 g/mol. The fourth-order valence-corrected chi connectivity index (χ4v) is 3.06. The van der Waals surface area contributed by atoms with Gasteiger partial charge in [-0.25, -0.2) is 0 Å². The Hall–Kier alpha value is -0.260. The van der Waals surface area contributed by atoms with Crippen molar-refractivity contribution in [3.8, 4) is 0 Å². The molecule has 0 aromatic rings. The molecule has 1 aliphatic carbocycles. The first-order chi connectivity index (χ1) is 7.11. The van der Waals surface area contributed by atoms with Gasteiger partial charge in [-0.3, -0.25) is 0 Å². The lowest BCUT2D eigenvalue weighted by molar-refractivity contribution is 0.337. The first-order valence-corrected chi connectivity index (χ1v) is 6.79. The standard InChI is InChI=1S/C15H28/c1-5-6-12(2)7-8-15-10-13(3)9-14(4)11-15/h9,12-13,15H,5-8,10-11H2,1-4H3/t12-,13?,15?/m0/s1. The van der Waals surface area contributed by atoms with Gasteiger partial charge in [-0.15, -0.1) is 0 Å². The summed E-state index contributed by atoms with van der Waals surface area (Å²) in [6.07, 6.45) is 10.9. The van der Waals surface area contributed by atoms with Gasteiger partial charge in [-0.2, -0.15) is 0 Å². The zero-order valence-electron chi connectivity index (χ0n) is 11.1. The molecule has 0 heteroatoms. The van der Waals surface area contributed by atoms with E-state index in [1.807, 2.05) is 0 Å². The highest BCUT2D eigenvalue weighted by molar-refractivity contribution is 5.05. The summed E-state index contributed by atoms with van der Waals surface area (Å²) in [4.78, 5) is 0. The van der Waals surface area contributed by atoms with E-state index in [9.17, 15) is 0 Å². The summed E-state index contributed by atoms with van der Waals surface area (Å²) in [5.41, 5.74) is 1.63. The quantitative estimate of drug-likeness (QED) is 0.545. The van der Waals surface area contributed by atoms with Gasteiger partial charge in [0.25, 0.3) is 0 Å². The van der Waals surface area contributed by atoms with Gasteiger partial charge in [0.1, 0.15) is 0 Å². The lowest BCUT2D eigenvalue weighted by Gasteiger charge is -2.26. The molecule has 0 aromatic carbocycles. The van der Waals surface area contributed by atoms with Crippen molar-refractivity contribution in [1.29, 1.82) is 0 Å². The molecule has 2 unspecified atom stereocenters. The Labute approximate surface area is 96.2 Å². The zero-order chi connectivity index (χ0) is 11.3. The molecule has 0 radical (unpaired) electrons. The van der Waals surface area contributed by atoms with Crippen LogP contribution in [-0.4, -0.2) is 0 Å². The first-order valence-electron chi connectivity index (χ1n) is 6.79. The minimum atomic E-state index is 0.824. The van der Waals surface area contributed by atoms with Crippen molar-refractivity contribution in [2.45, 2.75) is 66.2 Å². The van der Waals surface area contributed by atoms with E-state index in [-0.39, 0.29) is 0 Å². The molecule has 0 saturated carbocycles. The van der Waals surface area contributed by atoms with E-state index in [1.165, 1.54) is 38.5 Å². The smallest absolute Gasteiger partial charge is 0.0257 e. The Morgan fingerprint density at radius 1 is 1.40 bits per heavy atom. The van der Waals surface area contributed by atoms with Crippen LogP contribution in [0, 0.1) is 17.8 Å². The number of hydrogen-bond donors (Lipinski definition) is 0. The van der Waals surface area contributed by atoms with Crippen LogP contribution in [0.4, 0.5) is 0 Å². The van der Waals surface area contributed by atoms with Crippen molar-refractivity contribution in [1.82, 2.24) is 0 Å². The fraction of sp³-hybridized carbons (Fsp3) is 0.867. The second-order valence-electron chi connectivity index (χ2n) is 5.77. The molecule has 0 fully saturated rings. The highest BCUT2D eigenvalue weighted by Crippen LogP contribution is 2.32. The Morgan fingerprint density at radius 3 is 2.73 bits per heavy atom. The SMILES string of the molecule is CCC[C@H](C)CCC1CC(C)=CC(C)C1. The lowest BCUT2D eigenvalue weighted by atomic mass is 9.80. The van der Waals surface area contributed by atoms with E-state index in [0.717, 1.165) is 17.8 Å². The zero-order valence-corrected chi connectivity index (χ0v) is 11.1. The van der Waals surface area contributed by atoms with Crippen LogP contribution in [0.3, 0.4) is 0 Å². The molecule has 0 spiro atoms. The Kier molecular flexibility index (Phi) is 5.42. The molecular weight excluding hydrogens is 180 g/mol. The Balaban J connectivity index is 2.25. The van der Waals surface area contributed by atoms with Crippen molar-refractivity contribution in [3.05, 3.63) is 11.6 Å². The predicted molar refractivity (Wildman–Crippen MR) is 69.0 cm³/mol. The summed E-state index contributed by atoms with van der Waals surface area (Å²) < 4.78 is 0. The van der Waals surface area contributed by atoms with Gasteiger partial charge in [0.05, 0.1) is 0 Å². The lowest BCUT2D eigenvalue weighted by Crippen LogP contribution is -2.12. The summed E-state index contributed by atoms with van der Waals surface area (Å²) in [5, 5.41) is 0. The van der Waals surface area contributed by atoms with Crippen molar-refractivity contribution in [2.75, 3.05) is 0 Å². The highest BCUT2D eigenvalue weighted by Gasteiger charge is 2.18. The molecule has 0 aromatic heterocycles. The van der Waals surface area contributed by atoms with Crippen molar-refractivity contribution < 1.29 is 0 Å². The summed E-state index contributed by atoms with van der Waals surface area (Å²) in [6.45, 7) is 9.38. The van der Waals surface area contributed by atoms with Crippen LogP contribution in [-0.2, 0) is 0 Å².